The van der Waals surface area contributed by atoms with Crippen molar-refractivity contribution in [3.8, 4) is 22.5 Å². The van der Waals surface area contributed by atoms with Gasteiger partial charge in [0.2, 0.25) is 0 Å². The first-order valence-corrected chi connectivity index (χ1v) is 13.5. The predicted molar refractivity (Wildman–Crippen MR) is 154 cm³/mol. The Labute approximate surface area is 236 Å². The molecule has 0 atom stereocenters. The number of rotatable bonds is 4. The zero-order chi connectivity index (χ0) is 26.9. The van der Waals surface area contributed by atoms with Crippen LogP contribution in [0.2, 0.25) is 10.0 Å². The van der Waals surface area contributed by atoms with Crippen LogP contribution in [-0.4, -0.2) is 52.1 Å². The minimum atomic E-state index is -0.158. The molecule has 3 heterocycles. The number of anilines is 1. The molecule has 3 aromatic carbocycles. The fourth-order valence-electron chi connectivity index (χ4n) is 5.01. The number of hydrogen-bond acceptors (Lipinski definition) is 6. The minimum Gasteiger partial charge on any atom is -0.360 e. The van der Waals surface area contributed by atoms with Crippen molar-refractivity contribution < 1.29 is 9.32 Å². The van der Waals surface area contributed by atoms with E-state index >= 15 is 0 Å². The van der Waals surface area contributed by atoms with Crippen molar-refractivity contribution in [2.24, 2.45) is 0 Å². The molecule has 0 radical (unpaired) electrons. The maximum absolute atomic E-state index is 13.9. The molecule has 1 aliphatic heterocycles. The van der Waals surface area contributed by atoms with Gasteiger partial charge in [-0.15, -0.1) is 0 Å². The van der Waals surface area contributed by atoms with Gasteiger partial charge < -0.3 is 14.3 Å². The van der Waals surface area contributed by atoms with Crippen LogP contribution < -0.4 is 4.90 Å². The molecule has 6 rings (SSSR count). The first kappa shape index (κ1) is 25.3. The largest absolute Gasteiger partial charge is 0.360 e. The Bertz CT molecular complexity index is 1650. The van der Waals surface area contributed by atoms with Gasteiger partial charge in [0.25, 0.3) is 5.91 Å². The summed E-state index contributed by atoms with van der Waals surface area (Å²) in [6, 6.07) is 23.2. The average molecular weight is 558 g/mol. The first-order valence-electron chi connectivity index (χ1n) is 12.8. The zero-order valence-corrected chi connectivity index (χ0v) is 22.8. The summed E-state index contributed by atoms with van der Waals surface area (Å²) in [6.45, 7) is 4.15. The van der Waals surface area contributed by atoms with E-state index in [2.05, 4.69) is 10.1 Å². The molecule has 1 fully saturated rings. The Kier molecular flexibility index (Phi) is 6.94. The number of aromatic nitrogens is 3. The van der Waals surface area contributed by atoms with E-state index < -0.39 is 0 Å². The van der Waals surface area contributed by atoms with Crippen LogP contribution >= 0.6 is 23.2 Å². The Morgan fingerprint density at radius 2 is 1.49 bits per heavy atom. The van der Waals surface area contributed by atoms with Crippen LogP contribution in [0, 0.1) is 6.92 Å². The quantitative estimate of drug-likeness (QED) is 0.238. The van der Waals surface area contributed by atoms with E-state index in [1.165, 1.54) is 0 Å². The third-order valence-electron chi connectivity index (χ3n) is 6.96. The highest BCUT2D eigenvalue weighted by Gasteiger charge is 2.30. The van der Waals surface area contributed by atoms with E-state index in [4.69, 9.17) is 37.7 Å². The summed E-state index contributed by atoms with van der Waals surface area (Å²) in [5, 5.41) is 4.99. The van der Waals surface area contributed by atoms with Crippen LogP contribution in [0.4, 0.5) is 5.82 Å². The van der Waals surface area contributed by atoms with E-state index in [0.717, 1.165) is 41.1 Å². The van der Waals surface area contributed by atoms with Crippen LogP contribution in [0.3, 0.4) is 0 Å². The minimum absolute atomic E-state index is 0.158. The maximum Gasteiger partial charge on any atom is 0.259 e. The number of benzene rings is 3. The molecule has 9 heteroatoms. The van der Waals surface area contributed by atoms with Crippen LogP contribution in [0.25, 0.3) is 33.5 Å². The molecule has 0 saturated carbocycles. The highest BCUT2D eigenvalue weighted by atomic mass is 35.5. The summed E-state index contributed by atoms with van der Waals surface area (Å²) in [6.07, 6.45) is 0.765. The van der Waals surface area contributed by atoms with Gasteiger partial charge in [-0.05, 0) is 37.6 Å². The molecular formula is C30H25Cl2N5O2. The van der Waals surface area contributed by atoms with Gasteiger partial charge in [0.05, 0.1) is 21.1 Å². The van der Waals surface area contributed by atoms with Gasteiger partial charge in [-0.3, -0.25) is 4.79 Å². The molecule has 0 bridgehead atoms. The molecule has 0 spiro atoms. The van der Waals surface area contributed by atoms with Gasteiger partial charge in [-0.25, -0.2) is 9.97 Å². The van der Waals surface area contributed by atoms with Gasteiger partial charge in [0.1, 0.15) is 22.7 Å². The Morgan fingerprint density at radius 3 is 2.23 bits per heavy atom. The first-order chi connectivity index (χ1) is 19.0. The van der Waals surface area contributed by atoms with Crippen LogP contribution in [-0.2, 0) is 0 Å². The molecule has 0 N–H and O–H groups in total. The Balaban J connectivity index is 1.32. The smallest absolute Gasteiger partial charge is 0.259 e. The summed E-state index contributed by atoms with van der Waals surface area (Å²) >= 11 is 12.9. The third kappa shape index (κ3) is 4.84. The van der Waals surface area contributed by atoms with E-state index in [-0.39, 0.29) is 5.91 Å². The number of aryl methyl sites for hydroxylation is 1. The fourth-order valence-corrected chi connectivity index (χ4v) is 5.59. The highest BCUT2D eigenvalue weighted by Crippen LogP contribution is 2.37. The molecule has 2 aromatic heterocycles. The van der Waals surface area contributed by atoms with Crippen molar-refractivity contribution in [3.05, 3.63) is 94.2 Å². The van der Waals surface area contributed by atoms with E-state index in [1.807, 2.05) is 59.5 Å². The van der Waals surface area contributed by atoms with Gasteiger partial charge >= 0.3 is 0 Å². The molecule has 1 aliphatic rings. The topological polar surface area (TPSA) is 75.4 Å². The Hall–Kier alpha value is -3.94. The van der Waals surface area contributed by atoms with Crippen molar-refractivity contribution in [2.75, 3.05) is 31.1 Å². The molecule has 1 amide bonds. The second-order valence-electron chi connectivity index (χ2n) is 9.44. The number of hydrogen-bond donors (Lipinski definition) is 0. The van der Waals surface area contributed by atoms with E-state index in [9.17, 15) is 4.79 Å². The third-order valence-corrected chi connectivity index (χ3v) is 7.59. The molecule has 0 aliphatic carbocycles. The van der Waals surface area contributed by atoms with Crippen LogP contribution in [0.15, 0.2) is 77.3 Å². The number of fused-ring (bicyclic) bond motifs is 1. The van der Waals surface area contributed by atoms with E-state index in [0.29, 0.717) is 52.3 Å². The maximum atomic E-state index is 13.9. The molecular weight excluding hydrogens is 533 g/mol. The lowest BCUT2D eigenvalue weighted by molar-refractivity contribution is 0.0766. The summed E-state index contributed by atoms with van der Waals surface area (Å²) in [7, 11) is 0. The van der Waals surface area contributed by atoms with Crippen molar-refractivity contribution in [2.45, 2.75) is 13.3 Å². The number of nitrogens with zero attached hydrogens (tertiary/aromatic N) is 5. The summed E-state index contributed by atoms with van der Waals surface area (Å²) in [5.41, 5.74) is 4.77. The van der Waals surface area contributed by atoms with Gasteiger partial charge in [0.15, 0.2) is 5.82 Å². The molecule has 5 aromatic rings. The Morgan fingerprint density at radius 1 is 0.795 bits per heavy atom. The van der Waals surface area contributed by atoms with Crippen molar-refractivity contribution in [1.82, 2.24) is 20.0 Å². The molecule has 0 unspecified atom stereocenters. The monoisotopic (exact) mass is 557 g/mol. The number of amides is 1. The van der Waals surface area contributed by atoms with E-state index in [1.54, 1.807) is 25.1 Å². The second kappa shape index (κ2) is 10.7. The summed E-state index contributed by atoms with van der Waals surface area (Å²) in [5.74, 6) is 1.09. The number of halogens is 2. The number of carbonyl (C=O) groups is 1. The molecule has 196 valence electrons. The normalized spacial score (nSPS) is 14.0. The van der Waals surface area contributed by atoms with Crippen LogP contribution in [0.1, 0.15) is 22.5 Å². The second-order valence-corrected chi connectivity index (χ2v) is 10.3. The van der Waals surface area contributed by atoms with Gasteiger partial charge in [-0.1, -0.05) is 76.9 Å². The average Bonchev–Trinajstić information content (AvgIpc) is 3.16. The van der Waals surface area contributed by atoms with Gasteiger partial charge in [0, 0.05) is 37.3 Å². The lowest BCUT2D eigenvalue weighted by Gasteiger charge is -2.25. The van der Waals surface area contributed by atoms with Crippen molar-refractivity contribution in [1.29, 1.82) is 0 Å². The fraction of sp³-hybridized carbons (Fsp3) is 0.200. The highest BCUT2D eigenvalue weighted by molar-refractivity contribution is 6.39. The van der Waals surface area contributed by atoms with Crippen molar-refractivity contribution in [3.63, 3.8) is 0 Å². The van der Waals surface area contributed by atoms with Crippen LogP contribution in [0.5, 0.6) is 0 Å². The lowest BCUT2D eigenvalue weighted by Crippen LogP contribution is -2.36. The standard InChI is InChI=1S/C30H25Cl2N5O2/c1-19-25(28(35-39-19)26-21(31)11-7-12-22(26)32)30(38)37-16-8-15-36(17-18-37)29-27(20-9-3-2-4-10-20)33-23-13-5-6-14-24(23)34-29/h2-7,9-14H,8,15-18H2,1H3. The number of carbonyl (C=O) groups excluding carboxylic acids is 1. The molecule has 1 saturated heterocycles. The van der Waals surface area contributed by atoms with Crippen molar-refractivity contribution >= 4 is 46.0 Å². The van der Waals surface area contributed by atoms with Gasteiger partial charge in [-0.2, -0.15) is 0 Å². The zero-order valence-electron chi connectivity index (χ0n) is 21.3. The SMILES string of the molecule is Cc1onc(-c2c(Cl)cccc2Cl)c1C(=O)N1CCCN(c2nc3ccccc3nc2-c2ccccc2)CC1. The summed E-state index contributed by atoms with van der Waals surface area (Å²) < 4.78 is 5.46. The number of para-hydroxylation sites is 2. The summed E-state index contributed by atoms with van der Waals surface area (Å²) in [4.78, 5) is 27.9. The molecule has 39 heavy (non-hydrogen) atoms. The lowest BCUT2D eigenvalue weighted by atomic mass is 10.0. The molecule has 7 nitrogen and oxygen atoms in total. The predicted octanol–water partition coefficient (Wildman–Crippen LogP) is 6.92.